The van der Waals surface area contributed by atoms with Gasteiger partial charge in [0, 0.05) is 12.7 Å². The fourth-order valence-electron chi connectivity index (χ4n) is 1.77. The summed E-state index contributed by atoms with van der Waals surface area (Å²) < 4.78 is 1.80. The summed E-state index contributed by atoms with van der Waals surface area (Å²) in [6, 6.07) is 6.05. The highest BCUT2D eigenvalue weighted by Gasteiger charge is 2.09. The molecule has 1 aromatic heterocycles. The van der Waals surface area contributed by atoms with Gasteiger partial charge in [0.15, 0.2) is 0 Å². The minimum atomic E-state index is 0.494. The van der Waals surface area contributed by atoms with E-state index in [0.717, 1.165) is 22.5 Å². The topological polar surface area (TPSA) is 43.8 Å². The van der Waals surface area contributed by atoms with Crippen LogP contribution in [0.3, 0.4) is 0 Å². The summed E-state index contributed by atoms with van der Waals surface area (Å²) in [7, 11) is 0. The van der Waals surface area contributed by atoms with Gasteiger partial charge in [-0.3, -0.25) is 0 Å². The van der Waals surface area contributed by atoms with E-state index in [0.29, 0.717) is 11.6 Å². The highest BCUT2D eigenvalue weighted by Crippen LogP contribution is 2.22. The molecule has 0 aliphatic heterocycles. The molecule has 1 aromatic carbocycles. The Hall–Kier alpha value is -1.32. The van der Waals surface area contributed by atoms with E-state index in [1.54, 1.807) is 4.68 Å². The summed E-state index contributed by atoms with van der Waals surface area (Å²) in [5, 5.41) is 5.05. The number of nitrogens with zero attached hydrogens (tertiary/aromatic N) is 2. The first kappa shape index (κ1) is 11.2. The van der Waals surface area contributed by atoms with E-state index in [1.165, 1.54) is 0 Å². The lowest BCUT2D eigenvalue weighted by atomic mass is 10.1. The molecule has 0 atom stereocenters. The van der Waals surface area contributed by atoms with Gasteiger partial charge >= 0.3 is 0 Å². The van der Waals surface area contributed by atoms with Gasteiger partial charge in [-0.05, 0) is 25.0 Å². The zero-order valence-electron chi connectivity index (χ0n) is 9.37. The van der Waals surface area contributed by atoms with E-state index in [-0.39, 0.29) is 0 Å². The fourth-order valence-corrected chi connectivity index (χ4v) is 1.90. The maximum absolute atomic E-state index is 6.01. The molecule has 0 bridgehead atoms. The molecular formula is C12H14ClN3. The monoisotopic (exact) mass is 235 g/mol. The van der Waals surface area contributed by atoms with Gasteiger partial charge in [0.1, 0.15) is 0 Å². The molecule has 2 N–H and O–H groups in total. The number of hydrogen-bond donors (Lipinski definition) is 1. The number of benzene rings is 1. The molecule has 0 saturated heterocycles. The van der Waals surface area contributed by atoms with Gasteiger partial charge in [0.25, 0.3) is 0 Å². The fraction of sp³-hybridized carbons (Fsp3) is 0.250. The van der Waals surface area contributed by atoms with Gasteiger partial charge in [-0.15, -0.1) is 0 Å². The van der Waals surface area contributed by atoms with Crippen LogP contribution < -0.4 is 5.73 Å². The molecule has 0 radical (unpaired) electrons. The van der Waals surface area contributed by atoms with Crippen molar-refractivity contribution in [2.45, 2.75) is 20.4 Å². The Labute approximate surface area is 99.8 Å². The van der Waals surface area contributed by atoms with E-state index < -0.39 is 0 Å². The van der Waals surface area contributed by atoms with Crippen LogP contribution in [0.15, 0.2) is 24.4 Å². The Bertz CT molecular complexity index is 497. The van der Waals surface area contributed by atoms with Crippen molar-refractivity contribution in [3.8, 4) is 5.69 Å². The van der Waals surface area contributed by atoms with E-state index in [9.17, 15) is 0 Å². The number of aryl methyl sites for hydroxylation is 2. The second-order valence-corrected chi connectivity index (χ2v) is 4.20. The van der Waals surface area contributed by atoms with Crippen LogP contribution in [0, 0.1) is 13.8 Å². The Morgan fingerprint density at radius 1 is 1.38 bits per heavy atom. The highest BCUT2D eigenvalue weighted by molar-refractivity contribution is 6.31. The quantitative estimate of drug-likeness (QED) is 0.870. The molecule has 0 saturated carbocycles. The molecule has 3 nitrogen and oxygen atoms in total. The van der Waals surface area contributed by atoms with E-state index in [2.05, 4.69) is 5.10 Å². The van der Waals surface area contributed by atoms with E-state index in [1.807, 2.05) is 38.2 Å². The third kappa shape index (κ3) is 1.84. The largest absolute Gasteiger partial charge is 0.326 e. The van der Waals surface area contributed by atoms with Gasteiger partial charge < -0.3 is 5.73 Å². The van der Waals surface area contributed by atoms with Crippen molar-refractivity contribution < 1.29 is 0 Å². The predicted molar refractivity (Wildman–Crippen MR) is 65.9 cm³/mol. The SMILES string of the molecule is Cc1cccc(CN)c1-n1cc(Cl)c(C)n1. The zero-order valence-corrected chi connectivity index (χ0v) is 10.1. The van der Waals surface area contributed by atoms with Gasteiger partial charge in [0.05, 0.1) is 16.4 Å². The van der Waals surface area contributed by atoms with Crippen molar-refractivity contribution >= 4 is 11.6 Å². The van der Waals surface area contributed by atoms with Gasteiger partial charge in [-0.25, -0.2) is 4.68 Å². The first-order chi connectivity index (χ1) is 7.63. The van der Waals surface area contributed by atoms with Crippen LogP contribution in [0.25, 0.3) is 5.69 Å². The second kappa shape index (κ2) is 4.28. The molecule has 0 aliphatic carbocycles. The molecule has 84 valence electrons. The van der Waals surface area contributed by atoms with Gasteiger partial charge in [-0.1, -0.05) is 29.8 Å². The molecular weight excluding hydrogens is 222 g/mol. The molecule has 0 unspecified atom stereocenters. The second-order valence-electron chi connectivity index (χ2n) is 3.79. The lowest BCUT2D eigenvalue weighted by molar-refractivity contribution is 0.837. The van der Waals surface area contributed by atoms with E-state index >= 15 is 0 Å². The summed E-state index contributed by atoms with van der Waals surface area (Å²) in [5.41, 5.74) is 9.79. The molecule has 0 aliphatic rings. The van der Waals surface area contributed by atoms with Crippen molar-refractivity contribution in [2.75, 3.05) is 0 Å². The van der Waals surface area contributed by atoms with Crippen LogP contribution in [-0.2, 0) is 6.54 Å². The predicted octanol–water partition coefficient (Wildman–Crippen LogP) is 2.60. The van der Waals surface area contributed by atoms with Crippen LogP contribution in [0.1, 0.15) is 16.8 Å². The molecule has 2 rings (SSSR count). The van der Waals surface area contributed by atoms with Crippen LogP contribution in [0.4, 0.5) is 0 Å². The number of rotatable bonds is 2. The summed E-state index contributed by atoms with van der Waals surface area (Å²) >= 11 is 6.01. The third-order valence-corrected chi connectivity index (χ3v) is 2.98. The first-order valence-electron chi connectivity index (χ1n) is 5.14. The minimum absolute atomic E-state index is 0.494. The third-order valence-electron chi connectivity index (χ3n) is 2.61. The van der Waals surface area contributed by atoms with Gasteiger partial charge in [-0.2, -0.15) is 5.10 Å². The standard InChI is InChI=1S/C12H14ClN3/c1-8-4-3-5-10(6-14)12(8)16-7-11(13)9(2)15-16/h3-5,7H,6,14H2,1-2H3. The van der Waals surface area contributed by atoms with Crippen LogP contribution >= 0.6 is 11.6 Å². The Morgan fingerprint density at radius 3 is 2.69 bits per heavy atom. The van der Waals surface area contributed by atoms with Crippen molar-refractivity contribution in [3.63, 3.8) is 0 Å². The minimum Gasteiger partial charge on any atom is -0.326 e. The average molecular weight is 236 g/mol. The number of nitrogens with two attached hydrogens (primary N) is 1. The van der Waals surface area contributed by atoms with E-state index in [4.69, 9.17) is 17.3 Å². The van der Waals surface area contributed by atoms with Crippen molar-refractivity contribution in [1.82, 2.24) is 9.78 Å². The maximum atomic E-state index is 6.01. The average Bonchev–Trinajstić information content (AvgIpc) is 2.58. The Morgan fingerprint density at radius 2 is 2.12 bits per heavy atom. The number of para-hydroxylation sites is 1. The van der Waals surface area contributed by atoms with Crippen molar-refractivity contribution in [2.24, 2.45) is 5.73 Å². The zero-order chi connectivity index (χ0) is 11.7. The van der Waals surface area contributed by atoms with Gasteiger partial charge in [0.2, 0.25) is 0 Å². The maximum Gasteiger partial charge on any atom is 0.0819 e. The normalized spacial score (nSPS) is 10.8. The lowest BCUT2D eigenvalue weighted by Gasteiger charge is -2.10. The summed E-state index contributed by atoms with van der Waals surface area (Å²) in [5.74, 6) is 0. The summed E-state index contributed by atoms with van der Waals surface area (Å²) in [6.45, 7) is 4.42. The molecule has 1 heterocycles. The number of hydrogen-bond acceptors (Lipinski definition) is 2. The van der Waals surface area contributed by atoms with Crippen molar-refractivity contribution in [1.29, 1.82) is 0 Å². The van der Waals surface area contributed by atoms with Crippen LogP contribution in [-0.4, -0.2) is 9.78 Å². The molecule has 0 amide bonds. The van der Waals surface area contributed by atoms with Crippen molar-refractivity contribution in [3.05, 3.63) is 46.2 Å². The Kier molecular flexibility index (Phi) is 2.99. The van der Waals surface area contributed by atoms with Crippen LogP contribution in [0.2, 0.25) is 5.02 Å². The van der Waals surface area contributed by atoms with Crippen LogP contribution in [0.5, 0.6) is 0 Å². The molecule has 2 aromatic rings. The summed E-state index contributed by atoms with van der Waals surface area (Å²) in [4.78, 5) is 0. The smallest absolute Gasteiger partial charge is 0.0819 e. The molecule has 0 fully saturated rings. The lowest BCUT2D eigenvalue weighted by Crippen LogP contribution is -2.07. The number of halogens is 1. The molecule has 16 heavy (non-hydrogen) atoms. The molecule has 0 spiro atoms. The molecule has 4 heteroatoms. The first-order valence-corrected chi connectivity index (χ1v) is 5.52. The highest BCUT2D eigenvalue weighted by atomic mass is 35.5. The Balaban J connectivity index is 2.62. The number of aromatic nitrogens is 2. The summed E-state index contributed by atoms with van der Waals surface area (Å²) in [6.07, 6.45) is 1.82.